The number of nitrogens with zero attached hydrogens (tertiary/aromatic N) is 1. The average Bonchev–Trinajstić information content (AvgIpc) is 3.18. The average molecular weight is 304 g/mol. The second kappa shape index (κ2) is 5.03. The Morgan fingerprint density at radius 2 is 1.86 bits per heavy atom. The summed E-state index contributed by atoms with van der Waals surface area (Å²) in [6.45, 7) is 2.24. The Balaban J connectivity index is 1.69. The maximum absolute atomic E-state index is 12.5. The lowest BCUT2D eigenvalue weighted by atomic mass is 9.81. The van der Waals surface area contributed by atoms with Crippen molar-refractivity contribution in [2.24, 2.45) is 11.3 Å². The van der Waals surface area contributed by atoms with Gasteiger partial charge in [-0.05, 0) is 54.9 Å². The molecule has 4 nitrogen and oxygen atoms in total. The zero-order valence-corrected chi connectivity index (χ0v) is 13.0. The van der Waals surface area contributed by atoms with Crippen LogP contribution in [-0.4, -0.2) is 13.7 Å². The highest BCUT2D eigenvalue weighted by Crippen LogP contribution is 2.60. The molecule has 1 aromatic carbocycles. The number of nitriles is 1. The van der Waals surface area contributed by atoms with E-state index in [2.05, 4.69) is 11.6 Å². The number of hydrogen-bond donors (Lipinski definition) is 1. The molecule has 1 N–H and O–H groups in total. The van der Waals surface area contributed by atoms with Gasteiger partial charge in [-0.1, -0.05) is 19.8 Å². The zero-order chi connectivity index (χ0) is 15.1. The van der Waals surface area contributed by atoms with Gasteiger partial charge in [0.1, 0.15) is 0 Å². The highest BCUT2D eigenvalue weighted by atomic mass is 32.2. The lowest BCUT2D eigenvalue weighted by Gasteiger charge is -2.27. The van der Waals surface area contributed by atoms with E-state index < -0.39 is 10.0 Å². The summed E-state index contributed by atoms with van der Waals surface area (Å²) in [5.41, 5.74) is 1.10. The number of nitrogens with one attached hydrogen (secondary N) is 1. The van der Waals surface area contributed by atoms with E-state index in [4.69, 9.17) is 5.26 Å². The van der Waals surface area contributed by atoms with E-state index in [1.54, 1.807) is 24.3 Å². The molecule has 1 unspecified atom stereocenters. The van der Waals surface area contributed by atoms with Crippen molar-refractivity contribution in [2.75, 3.05) is 4.72 Å². The number of anilines is 1. The van der Waals surface area contributed by atoms with Gasteiger partial charge in [0.15, 0.2) is 0 Å². The molecule has 0 radical (unpaired) electrons. The Bertz CT molecular complexity index is 665. The highest BCUT2D eigenvalue weighted by molar-refractivity contribution is 7.93. The van der Waals surface area contributed by atoms with Crippen LogP contribution in [0.1, 0.15) is 44.6 Å². The summed E-state index contributed by atoms with van der Waals surface area (Å²) < 4.78 is 27.7. The molecule has 21 heavy (non-hydrogen) atoms. The van der Waals surface area contributed by atoms with Crippen LogP contribution >= 0.6 is 0 Å². The molecule has 3 rings (SSSR count). The SMILES string of the molecule is CC1CCC2(CC1)CC2S(=O)(=O)Nc1ccc(C#N)cc1. The van der Waals surface area contributed by atoms with Crippen molar-refractivity contribution in [1.82, 2.24) is 0 Å². The smallest absolute Gasteiger partial charge is 0.236 e. The summed E-state index contributed by atoms with van der Waals surface area (Å²) in [6.07, 6.45) is 5.15. The summed E-state index contributed by atoms with van der Waals surface area (Å²) >= 11 is 0. The number of rotatable bonds is 3. The van der Waals surface area contributed by atoms with Crippen LogP contribution in [0.4, 0.5) is 5.69 Å². The molecule has 2 aliphatic carbocycles. The summed E-state index contributed by atoms with van der Waals surface area (Å²) in [4.78, 5) is 0. The predicted octanol–water partition coefficient (Wildman–Crippen LogP) is 3.27. The molecule has 0 aromatic heterocycles. The van der Waals surface area contributed by atoms with Crippen molar-refractivity contribution in [3.8, 4) is 6.07 Å². The van der Waals surface area contributed by atoms with Crippen molar-refractivity contribution in [2.45, 2.75) is 44.3 Å². The molecule has 112 valence electrons. The minimum absolute atomic E-state index is 0.0327. The fourth-order valence-electron chi connectivity index (χ4n) is 3.46. The molecular formula is C16H20N2O2S. The van der Waals surface area contributed by atoms with Gasteiger partial charge in [0.25, 0.3) is 0 Å². The van der Waals surface area contributed by atoms with Crippen molar-refractivity contribution < 1.29 is 8.42 Å². The van der Waals surface area contributed by atoms with E-state index in [1.165, 1.54) is 0 Å². The number of sulfonamides is 1. The van der Waals surface area contributed by atoms with Gasteiger partial charge in [-0.2, -0.15) is 5.26 Å². The minimum atomic E-state index is -3.32. The second-order valence-corrected chi connectivity index (χ2v) is 8.44. The third kappa shape index (κ3) is 2.77. The number of benzene rings is 1. The molecule has 0 amide bonds. The first-order valence-electron chi connectivity index (χ1n) is 7.47. The van der Waals surface area contributed by atoms with E-state index in [1.807, 2.05) is 6.07 Å². The van der Waals surface area contributed by atoms with Crippen LogP contribution in [-0.2, 0) is 10.0 Å². The molecule has 2 fully saturated rings. The maximum atomic E-state index is 12.5. The predicted molar refractivity (Wildman–Crippen MR) is 82.2 cm³/mol. The molecule has 5 heteroatoms. The third-order valence-corrected chi connectivity index (χ3v) is 6.97. The standard InChI is InChI=1S/C16H20N2O2S/c1-12-6-8-16(9-7-12)10-15(16)21(19,20)18-14-4-2-13(11-17)3-5-14/h2-5,12,15,18H,6-10H2,1H3. The van der Waals surface area contributed by atoms with Crippen molar-refractivity contribution >= 4 is 15.7 Å². The lowest BCUT2D eigenvalue weighted by Crippen LogP contribution is -2.25. The normalized spacial score (nSPS) is 31.6. The Labute approximate surface area is 126 Å². The van der Waals surface area contributed by atoms with Crippen molar-refractivity contribution in [3.63, 3.8) is 0 Å². The summed E-state index contributed by atoms with van der Waals surface area (Å²) in [6, 6.07) is 8.57. The fourth-order valence-corrected chi connectivity index (χ4v) is 5.51. The molecule has 2 aliphatic rings. The molecule has 0 aliphatic heterocycles. The highest BCUT2D eigenvalue weighted by Gasteiger charge is 2.61. The Morgan fingerprint density at radius 1 is 1.24 bits per heavy atom. The maximum Gasteiger partial charge on any atom is 0.236 e. The van der Waals surface area contributed by atoms with Gasteiger partial charge >= 0.3 is 0 Å². The Hall–Kier alpha value is -1.54. The van der Waals surface area contributed by atoms with E-state index in [9.17, 15) is 8.42 Å². The van der Waals surface area contributed by atoms with Crippen LogP contribution in [0, 0.1) is 22.7 Å². The minimum Gasteiger partial charge on any atom is -0.283 e. The van der Waals surface area contributed by atoms with Crippen LogP contribution in [0.5, 0.6) is 0 Å². The first kappa shape index (κ1) is 14.4. The van der Waals surface area contributed by atoms with E-state index in [-0.39, 0.29) is 10.7 Å². The van der Waals surface area contributed by atoms with Crippen molar-refractivity contribution in [3.05, 3.63) is 29.8 Å². The van der Waals surface area contributed by atoms with Crippen LogP contribution < -0.4 is 4.72 Å². The molecule has 1 spiro atoms. The number of hydrogen-bond acceptors (Lipinski definition) is 3. The van der Waals surface area contributed by atoms with Crippen LogP contribution in [0.15, 0.2) is 24.3 Å². The van der Waals surface area contributed by atoms with Crippen LogP contribution in [0.3, 0.4) is 0 Å². The lowest BCUT2D eigenvalue weighted by molar-refractivity contribution is 0.272. The topological polar surface area (TPSA) is 70.0 Å². The first-order chi connectivity index (χ1) is 9.95. The van der Waals surface area contributed by atoms with Crippen molar-refractivity contribution in [1.29, 1.82) is 5.26 Å². The monoisotopic (exact) mass is 304 g/mol. The molecular weight excluding hydrogens is 284 g/mol. The molecule has 0 saturated heterocycles. The van der Waals surface area contributed by atoms with Gasteiger partial charge in [0, 0.05) is 5.69 Å². The van der Waals surface area contributed by atoms with Gasteiger partial charge in [0.2, 0.25) is 10.0 Å². The van der Waals surface area contributed by atoms with Gasteiger partial charge in [-0.15, -0.1) is 0 Å². The quantitative estimate of drug-likeness (QED) is 0.931. The Kier molecular flexibility index (Phi) is 3.45. The van der Waals surface area contributed by atoms with Gasteiger partial charge in [0.05, 0.1) is 16.9 Å². The molecule has 1 atom stereocenters. The Morgan fingerprint density at radius 3 is 2.43 bits per heavy atom. The van der Waals surface area contributed by atoms with Gasteiger partial charge in [-0.25, -0.2) is 8.42 Å². The van der Waals surface area contributed by atoms with Crippen LogP contribution in [0.2, 0.25) is 0 Å². The molecule has 0 bridgehead atoms. The van der Waals surface area contributed by atoms with Gasteiger partial charge < -0.3 is 0 Å². The first-order valence-corrected chi connectivity index (χ1v) is 9.02. The van der Waals surface area contributed by atoms with E-state index in [0.717, 1.165) is 38.0 Å². The van der Waals surface area contributed by atoms with Crippen LogP contribution in [0.25, 0.3) is 0 Å². The third-order valence-electron chi connectivity index (χ3n) is 5.03. The second-order valence-electron chi connectivity index (χ2n) is 6.57. The van der Waals surface area contributed by atoms with E-state index >= 15 is 0 Å². The zero-order valence-electron chi connectivity index (χ0n) is 12.2. The largest absolute Gasteiger partial charge is 0.283 e. The van der Waals surface area contributed by atoms with E-state index in [0.29, 0.717) is 11.3 Å². The molecule has 2 saturated carbocycles. The molecule has 1 aromatic rings. The molecule has 0 heterocycles. The fraction of sp³-hybridized carbons (Fsp3) is 0.562. The van der Waals surface area contributed by atoms with Gasteiger partial charge in [-0.3, -0.25) is 4.72 Å². The summed E-state index contributed by atoms with van der Waals surface area (Å²) in [5, 5.41) is 8.52. The summed E-state index contributed by atoms with van der Waals surface area (Å²) in [7, 11) is -3.32. The summed E-state index contributed by atoms with van der Waals surface area (Å²) in [5.74, 6) is 0.728.